The highest BCUT2D eigenvalue weighted by Crippen LogP contribution is 2.24. The highest BCUT2D eigenvalue weighted by molar-refractivity contribution is 4.82. The lowest BCUT2D eigenvalue weighted by Gasteiger charge is -2.35. The van der Waals surface area contributed by atoms with E-state index in [2.05, 4.69) is 27.4 Å². The van der Waals surface area contributed by atoms with E-state index in [0.29, 0.717) is 13.2 Å². The second kappa shape index (κ2) is 7.27. The summed E-state index contributed by atoms with van der Waals surface area (Å²) in [6.45, 7) is 16.7. The molecule has 0 spiro atoms. The van der Waals surface area contributed by atoms with Gasteiger partial charge in [-0.2, -0.15) is 0 Å². The monoisotopic (exact) mass is 258 g/mol. The van der Waals surface area contributed by atoms with Crippen LogP contribution in [-0.2, 0) is 9.47 Å². The van der Waals surface area contributed by atoms with E-state index >= 15 is 0 Å². The molecule has 0 saturated carbocycles. The first-order chi connectivity index (χ1) is 8.10. The van der Waals surface area contributed by atoms with Crippen LogP contribution < -0.4 is 0 Å². The van der Waals surface area contributed by atoms with Crippen molar-refractivity contribution in [3.8, 4) is 0 Å². The van der Waals surface area contributed by atoms with Crippen LogP contribution in [0.25, 0.3) is 0 Å². The van der Waals surface area contributed by atoms with Crippen LogP contribution in [0, 0.1) is 5.92 Å². The van der Waals surface area contributed by atoms with Gasteiger partial charge >= 0.3 is 0 Å². The second-order valence-electron chi connectivity index (χ2n) is 6.23. The van der Waals surface area contributed by atoms with Crippen molar-refractivity contribution in [1.29, 1.82) is 0 Å². The molecule has 0 aromatic heterocycles. The van der Waals surface area contributed by atoms with Crippen molar-refractivity contribution in [2.45, 2.75) is 65.3 Å². The minimum atomic E-state index is -0.436. The lowest BCUT2D eigenvalue weighted by Crippen LogP contribution is -2.39. The van der Waals surface area contributed by atoms with Crippen LogP contribution in [0.3, 0.4) is 0 Å². The minimum absolute atomic E-state index is 0.184. The van der Waals surface area contributed by atoms with Crippen molar-refractivity contribution in [2.75, 3.05) is 13.2 Å². The molecule has 3 nitrogen and oxygen atoms in total. The van der Waals surface area contributed by atoms with E-state index in [0.717, 1.165) is 6.42 Å². The standard InChI is InChI=1S/C15H30O3/c1-8-9-14(4,5)17-10-12(2)15(6,7)18-11-13(3)16/h8,12-13,16H,1,9-11H2,2-7H3. The Morgan fingerprint density at radius 1 is 1.11 bits per heavy atom. The third kappa shape index (κ3) is 7.14. The van der Waals surface area contributed by atoms with Crippen LogP contribution in [0.1, 0.15) is 48.0 Å². The smallest absolute Gasteiger partial charge is 0.0745 e. The molecule has 0 saturated heterocycles. The largest absolute Gasteiger partial charge is 0.391 e. The Balaban J connectivity index is 4.21. The fourth-order valence-electron chi connectivity index (χ4n) is 1.44. The van der Waals surface area contributed by atoms with E-state index in [1.54, 1.807) is 6.92 Å². The first-order valence-corrected chi connectivity index (χ1v) is 6.67. The Kier molecular flexibility index (Phi) is 7.11. The van der Waals surface area contributed by atoms with Gasteiger partial charge in [0.25, 0.3) is 0 Å². The lowest BCUT2D eigenvalue weighted by atomic mass is 9.93. The molecule has 0 rings (SSSR count). The molecule has 0 aromatic carbocycles. The molecule has 0 bridgehead atoms. The van der Waals surface area contributed by atoms with Gasteiger partial charge in [0.2, 0.25) is 0 Å². The number of aliphatic hydroxyl groups excluding tert-OH is 1. The molecule has 1 N–H and O–H groups in total. The molecular weight excluding hydrogens is 228 g/mol. The lowest BCUT2D eigenvalue weighted by molar-refractivity contribution is -0.119. The number of aliphatic hydroxyl groups is 1. The van der Waals surface area contributed by atoms with Crippen molar-refractivity contribution in [3.63, 3.8) is 0 Å². The zero-order chi connectivity index (χ0) is 14.4. The van der Waals surface area contributed by atoms with Crippen LogP contribution in [0.4, 0.5) is 0 Å². The van der Waals surface area contributed by atoms with Gasteiger partial charge in [-0.05, 0) is 41.0 Å². The molecule has 0 heterocycles. The first-order valence-electron chi connectivity index (χ1n) is 6.67. The van der Waals surface area contributed by atoms with Gasteiger partial charge in [0.15, 0.2) is 0 Å². The average Bonchev–Trinajstić information content (AvgIpc) is 2.23. The number of rotatable bonds is 9. The summed E-state index contributed by atoms with van der Waals surface area (Å²) in [5, 5.41) is 9.26. The number of hydrogen-bond donors (Lipinski definition) is 1. The Bertz CT molecular complexity index is 244. The topological polar surface area (TPSA) is 38.7 Å². The van der Waals surface area contributed by atoms with Crippen LogP contribution in [0.5, 0.6) is 0 Å². The SMILES string of the molecule is C=CCC(C)(C)OCC(C)C(C)(C)OCC(C)O. The second-order valence-corrected chi connectivity index (χ2v) is 6.23. The Morgan fingerprint density at radius 2 is 1.67 bits per heavy atom. The molecule has 0 aliphatic heterocycles. The normalized spacial score (nSPS) is 16.4. The maximum atomic E-state index is 9.26. The number of ether oxygens (including phenoxy) is 2. The number of hydrogen-bond acceptors (Lipinski definition) is 3. The zero-order valence-corrected chi connectivity index (χ0v) is 12.8. The van der Waals surface area contributed by atoms with E-state index in [4.69, 9.17) is 9.47 Å². The van der Waals surface area contributed by atoms with E-state index in [1.165, 1.54) is 0 Å². The summed E-state index contributed by atoms with van der Waals surface area (Å²) < 4.78 is 11.6. The highest BCUT2D eigenvalue weighted by Gasteiger charge is 2.29. The van der Waals surface area contributed by atoms with Gasteiger partial charge in [-0.3, -0.25) is 0 Å². The molecule has 0 aliphatic carbocycles. The van der Waals surface area contributed by atoms with Crippen molar-refractivity contribution >= 4 is 0 Å². The van der Waals surface area contributed by atoms with Gasteiger partial charge in [-0.15, -0.1) is 6.58 Å². The Morgan fingerprint density at radius 3 is 2.11 bits per heavy atom. The quantitative estimate of drug-likeness (QED) is 0.646. The molecule has 0 radical (unpaired) electrons. The zero-order valence-electron chi connectivity index (χ0n) is 12.8. The van der Waals surface area contributed by atoms with Gasteiger partial charge in [0, 0.05) is 5.92 Å². The summed E-state index contributed by atoms with van der Waals surface area (Å²) >= 11 is 0. The highest BCUT2D eigenvalue weighted by atomic mass is 16.5. The fourth-order valence-corrected chi connectivity index (χ4v) is 1.44. The summed E-state index contributed by atoms with van der Waals surface area (Å²) in [7, 11) is 0. The third-order valence-corrected chi connectivity index (χ3v) is 3.24. The molecule has 2 unspecified atom stereocenters. The third-order valence-electron chi connectivity index (χ3n) is 3.24. The summed E-state index contributed by atoms with van der Waals surface area (Å²) in [6, 6.07) is 0. The predicted octanol–water partition coefficient (Wildman–Crippen LogP) is 3.17. The molecule has 108 valence electrons. The van der Waals surface area contributed by atoms with E-state index < -0.39 is 6.10 Å². The first kappa shape index (κ1) is 17.6. The van der Waals surface area contributed by atoms with E-state index in [-0.39, 0.29) is 17.1 Å². The average molecular weight is 258 g/mol. The molecule has 0 aliphatic rings. The molecule has 0 aromatic rings. The van der Waals surface area contributed by atoms with Crippen LogP contribution in [0.15, 0.2) is 12.7 Å². The Hall–Kier alpha value is -0.380. The molecule has 3 heteroatoms. The van der Waals surface area contributed by atoms with Gasteiger partial charge < -0.3 is 14.6 Å². The van der Waals surface area contributed by atoms with Crippen LogP contribution >= 0.6 is 0 Å². The van der Waals surface area contributed by atoms with E-state index in [1.807, 2.05) is 19.9 Å². The van der Waals surface area contributed by atoms with Gasteiger partial charge in [-0.25, -0.2) is 0 Å². The molecule has 0 amide bonds. The fraction of sp³-hybridized carbons (Fsp3) is 0.867. The maximum absolute atomic E-state index is 9.26. The summed E-state index contributed by atoms with van der Waals surface area (Å²) in [6.07, 6.45) is 2.27. The van der Waals surface area contributed by atoms with Crippen molar-refractivity contribution < 1.29 is 14.6 Å². The molecule has 2 atom stereocenters. The van der Waals surface area contributed by atoms with E-state index in [9.17, 15) is 5.11 Å². The summed E-state index contributed by atoms with van der Waals surface area (Å²) in [4.78, 5) is 0. The molecule has 18 heavy (non-hydrogen) atoms. The maximum Gasteiger partial charge on any atom is 0.0745 e. The minimum Gasteiger partial charge on any atom is -0.391 e. The summed E-state index contributed by atoms with van der Waals surface area (Å²) in [5.74, 6) is 0.250. The van der Waals surface area contributed by atoms with Gasteiger partial charge in [-0.1, -0.05) is 13.0 Å². The van der Waals surface area contributed by atoms with Crippen molar-refractivity contribution in [1.82, 2.24) is 0 Å². The van der Waals surface area contributed by atoms with Crippen molar-refractivity contribution in [2.24, 2.45) is 5.92 Å². The van der Waals surface area contributed by atoms with Gasteiger partial charge in [0.1, 0.15) is 0 Å². The van der Waals surface area contributed by atoms with Crippen LogP contribution in [0.2, 0.25) is 0 Å². The van der Waals surface area contributed by atoms with Crippen LogP contribution in [-0.4, -0.2) is 35.6 Å². The predicted molar refractivity (Wildman–Crippen MR) is 75.7 cm³/mol. The molecule has 0 fully saturated rings. The Labute approximate surface area is 112 Å². The van der Waals surface area contributed by atoms with Gasteiger partial charge in [0.05, 0.1) is 30.5 Å². The van der Waals surface area contributed by atoms with Crippen molar-refractivity contribution in [3.05, 3.63) is 12.7 Å². The molecular formula is C15H30O3. The summed E-state index contributed by atoms with van der Waals surface area (Å²) in [5.41, 5.74) is -0.488.